The first-order valence-electron chi connectivity index (χ1n) is 4.10. The standard InChI is InChI=1S/C8H13N3O2S.2ClH/c9-5-6-14(12,13)11-8-4-2-1-3-7(8)10;;/h1-4,11H,5-6,9-10H2;2*1H. The van der Waals surface area contributed by atoms with E-state index in [0.717, 1.165) is 0 Å². The molecule has 0 aliphatic rings. The van der Waals surface area contributed by atoms with Gasteiger partial charge in [-0.2, -0.15) is 0 Å². The van der Waals surface area contributed by atoms with Crippen molar-refractivity contribution in [2.24, 2.45) is 5.73 Å². The van der Waals surface area contributed by atoms with Crippen molar-refractivity contribution in [2.75, 3.05) is 22.8 Å². The highest BCUT2D eigenvalue weighted by Gasteiger charge is 2.09. The molecule has 5 N–H and O–H groups in total. The highest BCUT2D eigenvalue weighted by Crippen LogP contribution is 2.17. The van der Waals surface area contributed by atoms with Crippen LogP contribution in [-0.2, 0) is 10.0 Å². The van der Waals surface area contributed by atoms with Crippen LogP contribution in [0.25, 0.3) is 0 Å². The molecule has 0 amide bonds. The number of rotatable bonds is 4. The molecule has 0 saturated carbocycles. The van der Waals surface area contributed by atoms with Crippen LogP contribution >= 0.6 is 24.8 Å². The molecule has 16 heavy (non-hydrogen) atoms. The molecule has 94 valence electrons. The van der Waals surface area contributed by atoms with Crippen molar-refractivity contribution in [1.82, 2.24) is 0 Å². The Kier molecular flexibility index (Phi) is 8.36. The van der Waals surface area contributed by atoms with Gasteiger partial charge in [0, 0.05) is 6.54 Å². The van der Waals surface area contributed by atoms with Gasteiger partial charge in [0.2, 0.25) is 10.0 Å². The third-order valence-corrected chi connectivity index (χ3v) is 2.92. The van der Waals surface area contributed by atoms with Crippen molar-refractivity contribution in [1.29, 1.82) is 0 Å². The lowest BCUT2D eigenvalue weighted by atomic mass is 10.3. The van der Waals surface area contributed by atoms with Crippen molar-refractivity contribution in [3.05, 3.63) is 24.3 Å². The first kappa shape index (κ1) is 17.7. The van der Waals surface area contributed by atoms with Crippen molar-refractivity contribution in [3.8, 4) is 0 Å². The van der Waals surface area contributed by atoms with E-state index < -0.39 is 10.0 Å². The molecule has 0 bridgehead atoms. The summed E-state index contributed by atoms with van der Waals surface area (Å²) in [7, 11) is -3.36. The van der Waals surface area contributed by atoms with Gasteiger partial charge in [0.15, 0.2) is 0 Å². The van der Waals surface area contributed by atoms with Crippen molar-refractivity contribution < 1.29 is 8.42 Å². The number of benzene rings is 1. The minimum absolute atomic E-state index is 0. The fourth-order valence-electron chi connectivity index (χ4n) is 0.964. The van der Waals surface area contributed by atoms with E-state index in [1.54, 1.807) is 24.3 Å². The van der Waals surface area contributed by atoms with E-state index >= 15 is 0 Å². The summed E-state index contributed by atoms with van der Waals surface area (Å²) in [4.78, 5) is 0. The SMILES string of the molecule is Cl.Cl.NCCS(=O)(=O)Nc1ccccc1N. The van der Waals surface area contributed by atoms with Gasteiger partial charge in [-0.05, 0) is 12.1 Å². The Bertz CT molecular complexity index is 411. The second-order valence-electron chi connectivity index (χ2n) is 2.80. The van der Waals surface area contributed by atoms with Crippen LogP contribution in [0.5, 0.6) is 0 Å². The molecular weight excluding hydrogens is 273 g/mol. The number of para-hydroxylation sites is 2. The minimum atomic E-state index is -3.36. The average molecular weight is 288 g/mol. The summed E-state index contributed by atoms with van der Waals surface area (Å²) in [5.41, 5.74) is 11.5. The number of halogens is 2. The smallest absolute Gasteiger partial charge is 0.234 e. The van der Waals surface area contributed by atoms with Crippen LogP contribution in [0.1, 0.15) is 0 Å². The number of sulfonamides is 1. The summed E-state index contributed by atoms with van der Waals surface area (Å²) in [5, 5.41) is 0. The lowest BCUT2D eigenvalue weighted by Crippen LogP contribution is -2.22. The van der Waals surface area contributed by atoms with E-state index in [9.17, 15) is 8.42 Å². The molecule has 1 aromatic rings. The van der Waals surface area contributed by atoms with E-state index in [2.05, 4.69) is 4.72 Å². The topological polar surface area (TPSA) is 98.2 Å². The molecule has 0 aliphatic heterocycles. The zero-order valence-corrected chi connectivity index (χ0v) is 10.9. The second-order valence-corrected chi connectivity index (χ2v) is 4.64. The van der Waals surface area contributed by atoms with Gasteiger partial charge in [-0.3, -0.25) is 4.72 Å². The van der Waals surface area contributed by atoms with Crippen LogP contribution in [0.15, 0.2) is 24.3 Å². The predicted octanol–water partition coefficient (Wildman–Crippen LogP) is 0.813. The predicted molar refractivity (Wildman–Crippen MR) is 71.8 cm³/mol. The molecule has 1 aromatic carbocycles. The van der Waals surface area contributed by atoms with E-state index in [1.807, 2.05) is 0 Å². The molecule has 0 spiro atoms. The number of nitrogens with two attached hydrogens (primary N) is 2. The Morgan fingerprint density at radius 3 is 2.25 bits per heavy atom. The Morgan fingerprint density at radius 1 is 1.19 bits per heavy atom. The maximum absolute atomic E-state index is 11.3. The molecule has 1 rings (SSSR count). The highest BCUT2D eigenvalue weighted by molar-refractivity contribution is 7.92. The van der Waals surface area contributed by atoms with Crippen LogP contribution < -0.4 is 16.2 Å². The van der Waals surface area contributed by atoms with Gasteiger partial charge in [0.05, 0.1) is 17.1 Å². The molecular formula is C8H15Cl2N3O2S. The Balaban J connectivity index is 0. The van der Waals surface area contributed by atoms with Gasteiger partial charge in [0.25, 0.3) is 0 Å². The molecule has 0 unspecified atom stereocenters. The summed E-state index contributed by atoms with van der Waals surface area (Å²) in [6.45, 7) is 0.0854. The zero-order valence-electron chi connectivity index (χ0n) is 8.42. The van der Waals surface area contributed by atoms with Gasteiger partial charge < -0.3 is 11.5 Å². The Morgan fingerprint density at radius 2 is 1.75 bits per heavy atom. The molecule has 0 atom stereocenters. The van der Waals surface area contributed by atoms with Crippen LogP contribution in [0.2, 0.25) is 0 Å². The monoisotopic (exact) mass is 287 g/mol. The highest BCUT2D eigenvalue weighted by atomic mass is 35.5. The quantitative estimate of drug-likeness (QED) is 0.714. The van der Waals surface area contributed by atoms with E-state index in [0.29, 0.717) is 11.4 Å². The largest absolute Gasteiger partial charge is 0.397 e. The summed E-state index contributed by atoms with van der Waals surface area (Å²) >= 11 is 0. The molecule has 8 heteroatoms. The summed E-state index contributed by atoms with van der Waals surface area (Å²) in [6.07, 6.45) is 0. The van der Waals surface area contributed by atoms with Gasteiger partial charge in [-0.1, -0.05) is 12.1 Å². The Labute approximate surface area is 107 Å². The number of nitrogen functional groups attached to an aromatic ring is 1. The summed E-state index contributed by atoms with van der Waals surface area (Å²) in [6, 6.07) is 6.66. The van der Waals surface area contributed by atoms with Crippen molar-refractivity contribution in [3.63, 3.8) is 0 Å². The average Bonchev–Trinajstić information content (AvgIpc) is 2.08. The first-order valence-corrected chi connectivity index (χ1v) is 5.75. The number of hydrogen-bond acceptors (Lipinski definition) is 4. The summed E-state index contributed by atoms with van der Waals surface area (Å²) < 4.78 is 25.0. The van der Waals surface area contributed by atoms with Gasteiger partial charge in [0.1, 0.15) is 0 Å². The fraction of sp³-hybridized carbons (Fsp3) is 0.250. The molecule has 5 nitrogen and oxygen atoms in total. The molecule has 0 saturated heterocycles. The maximum Gasteiger partial charge on any atom is 0.234 e. The molecule has 0 radical (unpaired) electrons. The van der Waals surface area contributed by atoms with Crippen molar-refractivity contribution in [2.45, 2.75) is 0 Å². The Hall–Kier alpha value is -0.690. The third kappa shape index (κ3) is 5.41. The van der Waals surface area contributed by atoms with Crippen LogP contribution in [0.3, 0.4) is 0 Å². The fourth-order valence-corrected chi connectivity index (χ4v) is 1.90. The maximum atomic E-state index is 11.3. The normalized spacial score (nSPS) is 9.81. The molecule has 0 aromatic heterocycles. The zero-order chi connectivity index (χ0) is 10.6. The minimum Gasteiger partial charge on any atom is -0.397 e. The van der Waals surface area contributed by atoms with Crippen LogP contribution in [0.4, 0.5) is 11.4 Å². The second kappa shape index (κ2) is 7.56. The number of hydrogen-bond donors (Lipinski definition) is 3. The molecule has 0 aliphatic carbocycles. The van der Waals surface area contributed by atoms with Gasteiger partial charge >= 0.3 is 0 Å². The third-order valence-electron chi connectivity index (χ3n) is 1.61. The lowest BCUT2D eigenvalue weighted by molar-refractivity contribution is 0.601. The van der Waals surface area contributed by atoms with Crippen LogP contribution in [0, 0.1) is 0 Å². The first-order chi connectivity index (χ1) is 6.55. The van der Waals surface area contributed by atoms with Crippen LogP contribution in [-0.4, -0.2) is 20.7 Å². The van der Waals surface area contributed by atoms with E-state index in [-0.39, 0.29) is 37.1 Å². The number of anilines is 2. The van der Waals surface area contributed by atoms with Gasteiger partial charge in [-0.15, -0.1) is 24.8 Å². The van der Waals surface area contributed by atoms with Crippen molar-refractivity contribution >= 4 is 46.2 Å². The van der Waals surface area contributed by atoms with E-state index in [1.165, 1.54) is 0 Å². The number of nitrogens with one attached hydrogen (secondary N) is 1. The lowest BCUT2D eigenvalue weighted by Gasteiger charge is -2.08. The summed E-state index contributed by atoms with van der Waals surface area (Å²) in [5.74, 6) is -0.110. The van der Waals surface area contributed by atoms with Gasteiger partial charge in [-0.25, -0.2) is 8.42 Å². The van der Waals surface area contributed by atoms with E-state index in [4.69, 9.17) is 11.5 Å². The molecule has 0 heterocycles. The molecule has 0 fully saturated rings.